The first-order valence-electron chi connectivity index (χ1n) is 5.85. The summed E-state index contributed by atoms with van der Waals surface area (Å²) in [6.07, 6.45) is 1.94. The van der Waals surface area contributed by atoms with E-state index in [9.17, 15) is 0 Å². The van der Waals surface area contributed by atoms with Crippen LogP contribution in [-0.4, -0.2) is 23.2 Å². The second-order valence-corrected chi connectivity index (χ2v) is 4.22. The van der Waals surface area contributed by atoms with Crippen molar-refractivity contribution in [3.63, 3.8) is 0 Å². The SMILES string of the molecule is CCc1nc(CC(C)OC)nc2c1CNC2. The number of rotatable bonds is 4. The van der Waals surface area contributed by atoms with Gasteiger partial charge in [-0.25, -0.2) is 9.97 Å². The van der Waals surface area contributed by atoms with Crippen LogP contribution in [0.1, 0.15) is 36.6 Å². The van der Waals surface area contributed by atoms with Crippen LogP contribution >= 0.6 is 0 Å². The van der Waals surface area contributed by atoms with Crippen LogP contribution in [0.25, 0.3) is 0 Å². The fraction of sp³-hybridized carbons (Fsp3) is 0.667. The molecular formula is C12H19N3O. The summed E-state index contributed by atoms with van der Waals surface area (Å²) < 4.78 is 5.25. The monoisotopic (exact) mass is 221 g/mol. The van der Waals surface area contributed by atoms with Gasteiger partial charge in [0.1, 0.15) is 5.82 Å². The van der Waals surface area contributed by atoms with Crippen molar-refractivity contribution in [2.75, 3.05) is 7.11 Å². The van der Waals surface area contributed by atoms with E-state index >= 15 is 0 Å². The maximum absolute atomic E-state index is 5.25. The standard InChI is InChI=1S/C12H19N3O/c1-4-10-9-6-13-7-11(9)15-12(14-10)5-8(2)16-3/h8,13H,4-7H2,1-3H3. The molecule has 1 aromatic rings. The predicted octanol–water partition coefficient (Wildman–Crippen LogP) is 1.22. The average molecular weight is 221 g/mol. The fourth-order valence-corrected chi connectivity index (χ4v) is 2.02. The van der Waals surface area contributed by atoms with E-state index in [0.29, 0.717) is 0 Å². The number of methoxy groups -OCH3 is 1. The first-order chi connectivity index (χ1) is 7.74. The molecule has 1 aliphatic heterocycles. The number of fused-ring (bicyclic) bond motifs is 1. The highest BCUT2D eigenvalue weighted by Crippen LogP contribution is 2.18. The Morgan fingerprint density at radius 1 is 1.38 bits per heavy atom. The molecule has 0 aliphatic carbocycles. The van der Waals surface area contributed by atoms with E-state index in [-0.39, 0.29) is 6.10 Å². The molecule has 0 spiro atoms. The lowest BCUT2D eigenvalue weighted by Crippen LogP contribution is -2.14. The van der Waals surface area contributed by atoms with Gasteiger partial charge in [0.2, 0.25) is 0 Å². The van der Waals surface area contributed by atoms with Crippen LogP contribution in [0.5, 0.6) is 0 Å². The number of nitrogens with one attached hydrogen (secondary N) is 1. The van der Waals surface area contributed by atoms with Gasteiger partial charge in [0.25, 0.3) is 0 Å². The number of hydrogen-bond acceptors (Lipinski definition) is 4. The molecule has 88 valence electrons. The smallest absolute Gasteiger partial charge is 0.131 e. The summed E-state index contributed by atoms with van der Waals surface area (Å²) in [5.74, 6) is 0.911. The molecule has 0 amide bonds. The van der Waals surface area contributed by atoms with E-state index in [2.05, 4.69) is 22.2 Å². The van der Waals surface area contributed by atoms with Crippen LogP contribution in [0.3, 0.4) is 0 Å². The van der Waals surface area contributed by atoms with Crippen molar-refractivity contribution in [3.8, 4) is 0 Å². The molecule has 0 saturated carbocycles. The van der Waals surface area contributed by atoms with Crippen molar-refractivity contribution in [2.45, 2.75) is 45.9 Å². The lowest BCUT2D eigenvalue weighted by atomic mass is 10.1. The van der Waals surface area contributed by atoms with Gasteiger partial charge in [0.15, 0.2) is 0 Å². The summed E-state index contributed by atoms with van der Waals surface area (Å²) in [6.45, 7) is 5.97. The molecule has 4 nitrogen and oxygen atoms in total. The Morgan fingerprint density at radius 3 is 2.88 bits per heavy atom. The average Bonchev–Trinajstić information content (AvgIpc) is 2.75. The van der Waals surface area contributed by atoms with Crippen molar-refractivity contribution in [3.05, 3.63) is 22.8 Å². The molecule has 0 saturated heterocycles. The van der Waals surface area contributed by atoms with E-state index in [1.165, 1.54) is 17.0 Å². The van der Waals surface area contributed by atoms with Crippen LogP contribution in [0.4, 0.5) is 0 Å². The molecule has 16 heavy (non-hydrogen) atoms. The van der Waals surface area contributed by atoms with Crippen LogP contribution < -0.4 is 5.32 Å². The summed E-state index contributed by atoms with van der Waals surface area (Å²) in [5.41, 5.74) is 3.66. The lowest BCUT2D eigenvalue weighted by molar-refractivity contribution is 0.117. The Bertz CT molecular complexity index is 379. The minimum atomic E-state index is 0.178. The van der Waals surface area contributed by atoms with Gasteiger partial charge < -0.3 is 10.1 Å². The maximum atomic E-state index is 5.25. The van der Waals surface area contributed by atoms with Crippen molar-refractivity contribution in [2.24, 2.45) is 0 Å². The molecule has 0 bridgehead atoms. The summed E-state index contributed by atoms with van der Waals surface area (Å²) in [7, 11) is 1.72. The van der Waals surface area contributed by atoms with Crippen molar-refractivity contribution in [1.29, 1.82) is 0 Å². The highest BCUT2D eigenvalue weighted by atomic mass is 16.5. The molecule has 1 unspecified atom stereocenters. The quantitative estimate of drug-likeness (QED) is 0.830. The number of aryl methyl sites for hydroxylation is 1. The van der Waals surface area contributed by atoms with Gasteiger partial charge in [-0.1, -0.05) is 6.92 Å². The van der Waals surface area contributed by atoms with Gasteiger partial charge in [-0.15, -0.1) is 0 Å². The largest absolute Gasteiger partial charge is 0.381 e. The topological polar surface area (TPSA) is 47.0 Å². The third-order valence-electron chi connectivity index (χ3n) is 3.03. The van der Waals surface area contributed by atoms with Gasteiger partial charge in [-0.2, -0.15) is 0 Å². The normalized spacial score (nSPS) is 16.2. The molecule has 2 heterocycles. The van der Waals surface area contributed by atoms with Gasteiger partial charge in [-0.05, 0) is 13.3 Å². The minimum absolute atomic E-state index is 0.178. The first-order valence-corrected chi connectivity index (χ1v) is 5.85. The van der Waals surface area contributed by atoms with Gasteiger partial charge in [0.05, 0.1) is 11.8 Å². The molecule has 2 rings (SSSR count). The van der Waals surface area contributed by atoms with Crippen LogP contribution in [0.15, 0.2) is 0 Å². The summed E-state index contributed by atoms with van der Waals surface area (Å²) in [6, 6.07) is 0. The second kappa shape index (κ2) is 4.89. The molecule has 1 aliphatic rings. The Labute approximate surface area is 96.4 Å². The third kappa shape index (κ3) is 2.23. The Kier molecular flexibility index (Phi) is 3.51. The Balaban J connectivity index is 2.27. The predicted molar refractivity (Wildman–Crippen MR) is 62.1 cm³/mol. The van der Waals surface area contributed by atoms with E-state index in [4.69, 9.17) is 4.74 Å². The van der Waals surface area contributed by atoms with Crippen molar-refractivity contribution >= 4 is 0 Å². The summed E-state index contributed by atoms with van der Waals surface area (Å²) in [4.78, 5) is 9.22. The third-order valence-corrected chi connectivity index (χ3v) is 3.03. The van der Waals surface area contributed by atoms with E-state index in [1.54, 1.807) is 7.11 Å². The van der Waals surface area contributed by atoms with E-state index in [0.717, 1.165) is 31.8 Å². The minimum Gasteiger partial charge on any atom is -0.381 e. The van der Waals surface area contributed by atoms with Crippen LogP contribution in [0, 0.1) is 0 Å². The molecule has 0 aromatic carbocycles. The molecule has 4 heteroatoms. The van der Waals surface area contributed by atoms with Gasteiger partial charge in [0, 0.05) is 37.9 Å². The van der Waals surface area contributed by atoms with E-state index in [1.807, 2.05) is 6.92 Å². The molecule has 0 fully saturated rings. The fourth-order valence-electron chi connectivity index (χ4n) is 2.02. The Hall–Kier alpha value is -1.00. The zero-order chi connectivity index (χ0) is 11.5. The molecular weight excluding hydrogens is 202 g/mol. The Morgan fingerprint density at radius 2 is 2.19 bits per heavy atom. The van der Waals surface area contributed by atoms with Gasteiger partial charge in [-0.3, -0.25) is 0 Å². The lowest BCUT2D eigenvalue weighted by Gasteiger charge is -2.11. The number of ether oxygens (including phenoxy) is 1. The maximum Gasteiger partial charge on any atom is 0.131 e. The van der Waals surface area contributed by atoms with Crippen molar-refractivity contribution < 1.29 is 4.74 Å². The molecule has 0 radical (unpaired) electrons. The van der Waals surface area contributed by atoms with Crippen LogP contribution in [-0.2, 0) is 30.7 Å². The number of hydrogen-bond donors (Lipinski definition) is 1. The number of nitrogens with zero attached hydrogens (tertiary/aromatic N) is 2. The molecule has 1 atom stereocenters. The van der Waals surface area contributed by atoms with Crippen molar-refractivity contribution in [1.82, 2.24) is 15.3 Å². The summed E-state index contributed by atoms with van der Waals surface area (Å²) >= 11 is 0. The zero-order valence-electron chi connectivity index (χ0n) is 10.2. The second-order valence-electron chi connectivity index (χ2n) is 4.22. The van der Waals surface area contributed by atoms with Crippen LogP contribution in [0.2, 0.25) is 0 Å². The zero-order valence-corrected chi connectivity index (χ0v) is 10.2. The van der Waals surface area contributed by atoms with E-state index < -0.39 is 0 Å². The van der Waals surface area contributed by atoms with Gasteiger partial charge >= 0.3 is 0 Å². The highest BCUT2D eigenvalue weighted by Gasteiger charge is 2.18. The first kappa shape index (κ1) is 11.5. The summed E-state index contributed by atoms with van der Waals surface area (Å²) in [5, 5.41) is 3.32. The highest BCUT2D eigenvalue weighted by molar-refractivity contribution is 5.29. The molecule has 1 N–H and O–H groups in total. The number of aromatic nitrogens is 2. The molecule has 1 aromatic heterocycles.